The summed E-state index contributed by atoms with van der Waals surface area (Å²) in [6.07, 6.45) is 0. The van der Waals surface area contributed by atoms with Crippen molar-refractivity contribution in [3.05, 3.63) is 22.7 Å². The van der Waals surface area contributed by atoms with E-state index >= 15 is 0 Å². The van der Waals surface area contributed by atoms with Crippen molar-refractivity contribution in [2.24, 2.45) is 0 Å². The fourth-order valence-electron chi connectivity index (χ4n) is 1.46. The average Bonchev–Trinajstić information content (AvgIpc) is 2.22. The topological polar surface area (TPSA) is 67.2 Å². The summed E-state index contributed by atoms with van der Waals surface area (Å²) < 4.78 is 0. The van der Waals surface area contributed by atoms with Crippen LogP contribution < -0.4 is 16.4 Å². The van der Waals surface area contributed by atoms with Gasteiger partial charge in [0, 0.05) is 12.6 Å². The zero-order valence-electron chi connectivity index (χ0n) is 10.3. The molecule has 0 spiro atoms. The predicted molar refractivity (Wildman–Crippen MR) is 72.6 cm³/mol. The molecule has 0 aliphatic carbocycles. The van der Waals surface area contributed by atoms with Crippen molar-refractivity contribution in [2.75, 3.05) is 17.6 Å². The van der Waals surface area contributed by atoms with Crippen molar-refractivity contribution < 1.29 is 4.79 Å². The van der Waals surface area contributed by atoms with Crippen LogP contribution >= 0.6 is 11.6 Å². The Hall–Kier alpha value is -1.42. The number of amides is 1. The van der Waals surface area contributed by atoms with Crippen LogP contribution in [0.4, 0.5) is 11.4 Å². The van der Waals surface area contributed by atoms with E-state index in [9.17, 15) is 4.79 Å². The number of hydrogen-bond acceptors (Lipinski definition) is 3. The summed E-state index contributed by atoms with van der Waals surface area (Å²) in [5.41, 5.74) is 7.54. The molecule has 0 aromatic heterocycles. The van der Waals surface area contributed by atoms with Crippen LogP contribution in [0.15, 0.2) is 12.1 Å². The summed E-state index contributed by atoms with van der Waals surface area (Å²) >= 11 is 6.06. The number of nitrogens with two attached hydrogens (primary N) is 1. The van der Waals surface area contributed by atoms with E-state index < -0.39 is 0 Å². The van der Waals surface area contributed by atoms with Crippen LogP contribution in [0.2, 0.25) is 5.02 Å². The summed E-state index contributed by atoms with van der Waals surface area (Å²) in [5, 5.41) is 6.26. The first-order valence-electron chi connectivity index (χ1n) is 5.59. The maximum atomic E-state index is 11.7. The Morgan fingerprint density at radius 3 is 2.65 bits per heavy atom. The highest BCUT2D eigenvalue weighted by Crippen LogP contribution is 2.27. The van der Waals surface area contributed by atoms with E-state index in [4.69, 9.17) is 17.3 Å². The van der Waals surface area contributed by atoms with Crippen LogP contribution in [0.1, 0.15) is 31.1 Å². The molecule has 5 heteroatoms. The number of benzene rings is 1. The van der Waals surface area contributed by atoms with Gasteiger partial charge >= 0.3 is 0 Å². The highest BCUT2D eigenvalue weighted by atomic mass is 35.5. The second kappa shape index (κ2) is 5.77. The minimum Gasteiger partial charge on any atom is -0.397 e. The van der Waals surface area contributed by atoms with Gasteiger partial charge in [-0.05, 0) is 32.9 Å². The van der Waals surface area contributed by atoms with Crippen LogP contribution in [0.25, 0.3) is 0 Å². The van der Waals surface area contributed by atoms with Gasteiger partial charge in [-0.25, -0.2) is 0 Å². The largest absolute Gasteiger partial charge is 0.397 e. The minimum absolute atomic E-state index is 0.208. The zero-order valence-corrected chi connectivity index (χ0v) is 11.1. The lowest BCUT2D eigenvalue weighted by Gasteiger charge is -2.14. The van der Waals surface area contributed by atoms with E-state index in [1.54, 1.807) is 12.1 Å². The Morgan fingerprint density at radius 1 is 1.47 bits per heavy atom. The lowest BCUT2D eigenvalue weighted by Crippen LogP contribution is -2.23. The fourth-order valence-corrected chi connectivity index (χ4v) is 1.71. The average molecular weight is 256 g/mol. The Balaban J connectivity index is 3.04. The summed E-state index contributed by atoms with van der Waals surface area (Å²) in [6.45, 7) is 6.42. The quantitative estimate of drug-likeness (QED) is 0.724. The molecule has 4 nitrogen and oxygen atoms in total. The van der Waals surface area contributed by atoms with Crippen LogP contribution in [-0.4, -0.2) is 18.5 Å². The smallest absolute Gasteiger partial charge is 0.252 e. The number of hydrogen-bond donors (Lipinski definition) is 3. The molecule has 1 rings (SSSR count). The van der Waals surface area contributed by atoms with E-state index in [1.165, 1.54) is 0 Å². The Bertz CT molecular complexity index is 418. The molecule has 0 unspecified atom stereocenters. The molecular formula is C12H18ClN3O. The van der Waals surface area contributed by atoms with Crippen molar-refractivity contribution >= 4 is 28.9 Å². The third kappa shape index (κ3) is 3.53. The van der Waals surface area contributed by atoms with Gasteiger partial charge in [0.05, 0.1) is 22.0 Å². The number of halogens is 1. The summed E-state index contributed by atoms with van der Waals surface area (Å²) in [4.78, 5) is 11.7. The molecule has 0 aliphatic rings. The molecule has 0 radical (unpaired) electrons. The maximum Gasteiger partial charge on any atom is 0.252 e. The molecule has 0 saturated heterocycles. The third-order valence-corrected chi connectivity index (χ3v) is 2.48. The summed E-state index contributed by atoms with van der Waals surface area (Å²) in [6, 6.07) is 3.53. The first-order chi connectivity index (χ1) is 7.95. The van der Waals surface area contributed by atoms with Crippen molar-refractivity contribution in [2.45, 2.75) is 26.8 Å². The molecule has 0 atom stereocenters. The molecule has 0 bridgehead atoms. The van der Waals surface area contributed by atoms with E-state index in [0.717, 1.165) is 5.69 Å². The van der Waals surface area contributed by atoms with Gasteiger partial charge in [-0.15, -0.1) is 0 Å². The Labute approximate surface area is 107 Å². The van der Waals surface area contributed by atoms with E-state index in [-0.39, 0.29) is 11.9 Å². The van der Waals surface area contributed by atoms with Crippen molar-refractivity contribution in [1.29, 1.82) is 0 Å². The lowest BCUT2D eigenvalue weighted by molar-refractivity contribution is 0.0956. The van der Waals surface area contributed by atoms with Gasteiger partial charge in [-0.2, -0.15) is 0 Å². The maximum absolute atomic E-state index is 11.7. The van der Waals surface area contributed by atoms with Gasteiger partial charge in [0.25, 0.3) is 5.91 Å². The highest BCUT2D eigenvalue weighted by Gasteiger charge is 2.13. The molecule has 0 fully saturated rings. The van der Waals surface area contributed by atoms with Crippen molar-refractivity contribution in [3.63, 3.8) is 0 Å². The Morgan fingerprint density at radius 2 is 2.12 bits per heavy atom. The molecule has 1 amide bonds. The zero-order chi connectivity index (χ0) is 13.0. The van der Waals surface area contributed by atoms with Crippen LogP contribution in [-0.2, 0) is 0 Å². The van der Waals surface area contributed by atoms with Crippen molar-refractivity contribution in [1.82, 2.24) is 5.32 Å². The number of rotatable bonds is 4. The summed E-state index contributed by atoms with van der Waals surface area (Å²) in [7, 11) is 0. The lowest BCUT2D eigenvalue weighted by atomic mass is 10.1. The van der Waals surface area contributed by atoms with Gasteiger partial charge < -0.3 is 16.4 Å². The molecule has 17 heavy (non-hydrogen) atoms. The monoisotopic (exact) mass is 255 g/mol. The first-order valence-corrected chi connectivity index (χ1v) is 5.97. The highest BCUT2D eigenvalue weighted by molar-refractivity contribution is 6.34. The van der Waals surface area contributed by atoms with Crippen molar-refractivity contribution in [3.8, 4) is 0 Å². The van der Waals surface area contributed by atoms with Gasteiger partial charge in [0.15, 0.2) is 0 Å². The SMILES string of the molecule is CCNC(=O)c1cc(N)c(NC(C)C)cc1Cl. The molecular weight excluding hydrogens is 238 g/mol. The molecule has 1 aromatic carbocycles. The van der Waals surface area contributed by atoms with E-state index in [1.807, 2.05) is 20.8 Å². The van der Waals surface area contributed by atoms with Gasteiger partial charge in [0.2, 0.25) is 0 Å². The number of nitrogen functional groups attached to an aromatic ring is 1. The molecule has 94 valence electrons. The number of carbonyl (C=O) groups is 1. The minimum atomic E-state index is -0.208. The van der Waals surface area contributed by atoms with E-state index in [0.29, 0.717) is 22.8 Å². The molecule has 0 heterocycles. The van der Waals surface area contributed by atoms with Gasteiger partial charge in [-0.1, -0.05) is 11.6 Å². The van der Waals surface area contributed by atoms with Gasteiger partial charge in [0.1, 0.15) is 0 Å². The van der Waals surface area contributed by atoms with Crippen LogP contribution in [0, 0.1) is 0 Å². The second-order valence-corrected chi connectivity index (χ2v) is 4.48. The first kappa shape index (κ1) is 13.6. The molecule has 0 aliphatic heterocycles. The molecule has 0 saturated carbocycles. The van der Waals surface area contributed by atoms with Gasteiger partial charge in [-0.3, -0.25) is 4.79 Å². The Kier molecular flexibility index (Phi) is 4.63. The summed E-state index contributed by atoms with van der Waals surface area (Å²) in [5.74, 6) is -0.208. The van der Waals surface area contributed by atoms with Crippen LogP contribution in [0.5, 0.6) is 0 Å². The number of anilines is 2. The fraction of sp³-hybridized carbons (Fsp3) is 0.417. The number of nitrogens with one attached hydrogen (secondary N) is 2. The van der Waals surface area contributed by atoms with Crippen LogP contribution in [0.3, 0.4) is 0 Å². The standard InChI is InChI=1S/C12H18ClN3O/c1-4-15-12(17)8-5-10(14)11(6-9(8)13)16-7(2)3/h5-7,16H,4,14H2,1-3H3,(H,15,17). The number of carbonyl (C=O) groups excluding carboxylic acids is 1. The second-order valence-electron chi connectivity index (χ2n) is 4.08. The molecule has 1 aromatic rings. The van der Waals surface area contributed by atoms with E-state index in [2.05, 4.69) is 10.6 Å². The molecule has 4 N–H and O–H groups in total. The third-order valence-electron chi connectivity index (χ3n) is 2.17. The normalized spacial score (nSPS) is 10.4. The predicted octanol–water partition coefficient (Wildman–Crippen LogP) is 2.49.